The van der Waals surface area contributed by atoms with Gasteiger partial charge < -0.3 is 10.2 Å². The Kier molecular flexibility index (Phi) is 8.20. The highest BCUT2D eigenvalue weighted by molar-refractivity contribution is 7.89. The molecule has 0 unspecified atom stereocenters. The van der Waals surface area contributed by atoms with Crippen molar-refractivity contribution in [3.8, 4) is 0 Å². The third kappa shape index (κ3) is 6.85. The van der Waals surface area contributed by atoms with Crippen molar-refractivity contribution in [1.29, 1.82) is 0 Å². The van der Waals surface area contributed by atoms with Crippen molar-refractivity contribution in [2.24, 2.45) is 11.8 Å². The lowest BCUT2D eigenvalue weighted by atomic mass is 9.95. The molecule has 2 heterocycles. The number of anilines is 1. The van der Waals surface area contributed by atoms with Crippen LogP contribution in [0.4, 0.5) is 5.82 Å². The van der Waals surface area contributed by atoms with Gasteiger partial charge in [0.2, 0.25) is 21.8 Å². The van der Waals surface area contributed by atoms with Crippen molar-refractivity contribution in [2.75, 3.05) is 18.4 Å². The van der Waals surface area contributed by atoms with Crippen molar-refractivity contribution in [1.82, 2.24) is 14.6 Å². The topological polar surface area (TPSA) is 108 Å². The van der Waals surface area contributed by atoms with Crippen LogP contribution in [0.15, 0.2) is 53.6 Å². The predicted molar refractivity (Wildman–Crippen MR) is 127 cm³/mol. The smallest absolute Gasteiger partial charge is 0.241 e. The Balaban J connectivity index is 1.71. The maximum atomic E-state index is 13.4. The van der Waals surface area contributed by atoms with E-state index in [1.165, 1.54) is 12.1 Å². The lowest BCUT2D eigenvalue weighted by Crippen LogP contribution is -2.52. The largest absolute Gasteiger partial charge is 0.341 e. The van der Waals surface area contributed by atoms with Crippen LogP contribution < -0.4 is 10.0 Å². The Morgan fingerprint density at radius 2 is 1.88 bits per heavy atom. The Morgan fingerprint density at radius 1 is 1.15 bits per heavy atom. The number of hydrogen-bond donors (Lipinski definition) is 2. The van der Waals surface area contributed by atoms with E-state index in [1.807, 2.05) is 20.8 Å². The molecule has 178 valence electrons. The summed E-state index contributed by atoms with van der Waals surface area (Å²) in [5.41, 5.74) is 0.951. The summed E-state index contributed by atoms with van der Waals surface area (Å²) >= 11 is 0. The number of benzene rings is 1. The Bertz CT molecular complexity index is 1060. The second-order valence-corrected chi connectivity index (χ2v) is 10.7. The van der Waals surface area contributed by atoms with E-state index in [-0.39, 0.29) is 35.1 Å². The normalized spacial score (nSPS) is 17.6. The molecule has 1 saturated heterocycles. The van der Waals surface area contributed by atoms with Crippen LogP contribution >= 0.6 is 0 Å². The Hall–Kier alpha value is -2.78. The maximum Gasteiger partial charge on any atom is 0.241 e. The minimum Gasteiger partial charge on any atom is -0.341 e. The number of amides is 2. The van der Waals surface area contributed by atoms with Crippen molar-refractivity contribution in [2.45, 2.75) is 51.0 Å². The first-order valence-electron chi connectivity index (χ1n) is 11.3. The molecule has 2 N–H and O–H groups in total. The van der Waals surface area contributed by atoms with Gasteiger partial charge in [0.05, 0.1) is 10.8 Å². The van der Waals surface area contributed by atoms with Crippen LogP contribution in [0.25, 0.3) is 0 Å². The standard InChI is InChI=1S/C24H32N4O4S/c1-17(2)15-21(27-33(31,32)20-11-9-18(3)10-12-20)24(30)28-14-6-7-19(16-28)23(29)26-22-8-4-5-13-25-22/h4-5,8-13,17,19,21,27H,6-7,14-16H2,1-3H3,(H,25,26,29)/t19-,21-/m1/s1. The summed E-state index contributed by atoms with van der Waals surface area (Å²) < 4.78 is 28.5. The lowest BCUT2D eigenvalue weighted by molar-refractivity contribution is -0.136. The monoisotopic (exact) mass is 472 g/mol. The summed E-state index contributed by atoms with van der Waals surface area (Å²) in [4.78, 5) is 32.0. The van der Waals surface area contributed by atoms with Gasteiger partial charge in [-0.2, -0.15) is 4.72 Å². The zero-order valence-corrected chi connectivity index (χ0v) is 20.1. The van der Waals surface area contributed by atoms with Crippen molar-refractivity contribution in [3.05, 3.63) is 54.2 Å². The number of hydrogen-bond acceptors (Lipinski definition) is 5. The van der Waals surface area contributed by atoms with E-state index in [4.69, 9.17) is 0 Å². The molecule has 1 fully saturated rings. The predicted octanol–water partition coefficient (Wildman–Crippen LogP) is 2.96. The molecule has 0 radical (unpaired) electrons. The third-order valence-corrected chi connectivity index (χ3v) is 7.14. The highest BCUT2D eigenvalue weighted by Gasteiger charge is 2.34. The molecule has 0 saturated carbocycles. The number of nitrogens with one attached hydrogen (secondary N) is 2. The van der Waals surface area contributed by atoms with Crippen molar-refractivity contribution >= 4 is 27.7 Å². The Labute approximate surface area is 195 Å². The zero-order chi connectivity index (χ0) is 24.0. The summed E-state index contributed by atoms with van der Waals surface area (Å²) in [7, 11) is -3.86. The maximum absolute atomic E-state index is 13.4. The van der Waals surface area contributed by atoms with Crippen LogP contribution in [-0.4, -0.2) is 49.2 Å². The number of rotatable bonds is 8. The second kappa shape index (κ2) is 10.9. The molecule has 33 heavy (non-hydrogen) atoms. The van der Waals surface area contributed by atoms with E-state index in [1.54, 1.807) is 41.4 Å². The van der Waals surface area contributed by atoms with E-state index in [2.05, 4.69) is 15.0 Å². The molecule has 2 aromatic rings. The lowest BCUT2D eigenvalue weighted by Gasteiger charge is -2.34. The first-order chi connectivity index (χ1) is 15.7. The van der Waals surface area contributed by atoms with E-state index in [9.17, 15) is 18.0 Å². The quantitative estimate of drug-likeness (QED) is 0.614. The number of pyridine rings is 1. The fourth-order valence-electron chi connectivity index (χ4n) is 3.92. The zero-order valence-electron chi connectivity index (χ0n) is 19.3. The van der Waals surface area contributed by atoms with E-state index in [0.717, 1.165) is 5.56 Å². The van der Waals surface area contributed by atoms with Crippen LogP contribution in [0.3, 0.4) is 0 Å². The Morgan fingerprint density at radius 3 is 2.52 bits per heavy atom. The number of sulfonamides is 1. The van der Waals surface area contributed by atoms with Gasteiger partial charge in [-0.15, -0.1) is 0 Å². The summed E-state index contributed by atoms with van der Waals surface area (Å²) in [6.07, 6.45) is 3.30. The van der Waals surface area contributed by atoms with Gasteiger partial charge in [0.1, 0.15) is 11.9 Å². The minimum absolute atomic E-state index is 0.104. The molecule has 9 heteroatoms. The van der Waals surface area contributed by atoms with E-state index in [0.29, 0.717) is 31.6 Å². The summed E-state index contributed by atoms with van der Waals surface area (Å²) in [6, 6.07) is 10.9. The molecule has 8 nitrogen and oxygen atoms in total. The number of carbonyl (C=O) groups is 2. The number of nitrogens with zero attached hydrogens (tertiary/aromatic N) is 2. The summed E-state index contributed by atoms with van der Waals surface area (Å²) in [6.45, 7) is 6.51. The molecular weight excluding hydrogens is 440 g/mol. The molecular formula is C24H32N4O4S. The van der Waals surface area contributed by atoms with Gasteiger partial charge in [-0.1, -0.05) is 37.6 Å². The first-order valence-corrected chi connectivity index (χ1v) is 12.7. The van der Waals surface area contributed by atoms with Gasteiger partial charge in [0, 0.05) is 19.3 Å². The van der Waals surface area contributed by atoms with Crippen LogP contribution in [0, 0.1) is 18.8 Å². The fraction of sp³-hybridized carbons (Fsp3) is 0.458. The minimum atomic E-state index is -3.86. The number of aromatic nitrogens is 1. The van der Waals surface area contributed by atoms with Gasteiger partial charge in [0.25, 0.3) is 0 Å². The van der Waals surface area contributed by atoms with Gasteiger partial charge >= 0.3 is 0 Å². The van der Waals surface area contributed by atoms with Crippen LogP contribution in [0.5, 0.6) is 0 Å². The third-order valence-electron chi connectivity index (χ3n) is 5.65. The number of piperidine rings is 1. The highest BCUT2D eigenvalue weighted by Crippen LogP contribution is 2.21. The molecule has 0 bridgehead atoms. The van der Waals surface area contributed by atoms with E-state index < -0.39 is 16.1 Å². The van der Waals surface area contributed by atoms with Crippen LogP contribution in [0.1, 0.15) is 38.7 Å². The van der Waals surface area contributed by atoms with Crippen LogP contribution in [0.2, 0.25) is 0 Å². The highest BCUT2D eigenvalue weighted by atomic mass is 32.2. The fourth-order valence-corrected chi connectivity index (χ4v) is 5.12. The van der Waals surface area contributed by atoms with Gasteiger partial charge in [-0.05, 0) is 56.4 Å². The van der Waals surface area contributed by atoms with Crippen LogP contribution in [-0.2, 0) is 19.6 Å². The molecule has 0 spiro atoms. The molecule has 1 aromatic carbocycles. The number of carbonyl (C=O) groups excluding carboxylic acids is 2. The average molecular weight is 473 g/mol. The average Bonchev–Trinajstić information content (AvgIpc) is 2.78. The second-order valence-electron chi connectivity index (χ2n) is 8.94. The molecule has 1 aromatic heterocycles. The molecule has 1 aliphatic heterocycles. The summed E-state index contributed by atoms with van der Waals surface area (Å²) in [5, 5.41) is 2.80. The molecule has 0 aliphatic carbocycles. The SMILES string of the molecule is Cc1ccc(S(=O)(=O)N[C@H](CC(C)C)C(=O)N2CCC[C@@H](C(=O)Nc3ccccn3)C2)cc1. The first kappa shape index (κ1) is 24.9. The molecule has 2 amide bonds. The molecule has 2 atom stereocenters. The van der Waals surface area contributed by atoms with Crippen molar-refractivity contribution < 1.29 is 18.0 Å². The van der Waals surface area contributed by atoms with Crippen molar-refractivity contribution in [3.63, 3.8) is 0 Å². The number of aryl methyl sites for hydroxylation is 1. The van der Waals surface area contributed by atoms with Gasteiger partial charge in [0.15, 0.2) is 0 Å². The molecule has 1 aliphatic rings. The molecule has 3 rings (SSSR count). The van der Waals surface area contributed by atoms with Gasteiger partial charge in [-0.25, -0.2) is 13.4 Å². The van der Waals surface area contributed by atoms with Gasteiger partial charge in [-0.3, -0.25) is 9.59 Å². The number of likely N-dealkylation sites (tertiary alicyclic amines) is 1. The van der Waals surface area contributed by atoms with E-state index >= 15 is 0 Å². The summed E-state index contributed by atoms with van der Waals surface area (Å²) in [5.74, 6) is -0.290.